The Kier molecular flexibility index (Phi) is 5.10. The first kappa shape index (κ1) is 15.2. The molecule has 21 heavy (non-hydrogen) atoms. The molecule has 7 heteroatoms. The van der Waals surface area contributed by atoms with E-state index >= 15 is 0 Å². The van der Waals surface area contributed by atoms with Crippen molar-refractivity contribution in [3.05, 3.63) is 24.0 Å². The number of anilines is 1. The number of aliphatic carboxylic acids is 1. The molecule has 2 rings (SSSR count). The fourth-order valence-electron chi connectivity index (χ4n) is 2.14. The van der Waals surface area contributed by atoms with Gasteiger partial charge in [0.1, 0.15) is 0 Å². The molecule has 1 unspecified atom stereocenters. The van der Waals surface area contributed by atoms with Gasteiger partial charge in [-0.2, -0.15) is 0 Å². The largest absolute Gasteiger partial charge is 0.481 e. The minimum Gasteiger partial charge on any atom is -0.481 e. The van der Waals surface area contributed by atoms with Crippen molar-refractivity contribution in [3.8, 4) is 0 Å². The zero-order valence-electron chi connectivity index (χ0n) is 11.9. The maximum absolute atomic E-state index is 12.2. The van der Waals surface area contributed by atoms with E-state index in [1.807, 2.05) is 6.92 Å². The third-order valence-electron chi connectivity index (χ3n) is 3.15. The number of carbonyl (C=O) groups excluding carboxylic acids is 1. The van der Waals surface area contributed by atoms with Crippen LogP contribution in [0.15, 0.2) is 18.3 Å². The first-order valence-electron chi connectivity index (χ1n) is 6.89. The molecular weight excluding hydrogens is 274 g/mol. The van der Waals surface area contributed by atoms with Crippen LogP contribution in [-0.4, -0.2) is 52.8 Å². The van der Waals surface area contributed by atoms with Crippen LogP contribution in [0.5, 0.6) is 0 Å². The molecular formula is C14H19N3O4. The topological polar surface area (TPSA) is 91.8 Å². The highest BCUT2D eigenvalue weighted by molar-refractivity contribution is 5.89. The Morgan fingerprint density at radius 1 is 1.52 bits per heavy atom. The maximum Gasteiger partial charge on any atom is 0.321 e. The van der Waals surface area contributed by atoms with Gasteiger partial charge in [0.15, 0.2) is 0 Å². The Labute approximate surface area is 122 Å². The second-order valence-corrected chi connectivity index (χ2v) is 5.02. The van der Waals surface area contributed by atoms with Gasteiger partial charge in [0.2, 0.25) is 0 Å². The number of carboxylic acid groups (broad SMARTS) is 1. The molecule has 0 bridgehead atoms. The van der Waals surface area contributed by atoms with E-state index in [0.717, 1.165) is 6.42 Å². The molecule has 1 atom stereocenters. The summed E-state index contributed by atoms with van der Waals surface area (Å²) in [5.74, 6) is -0.933. The fraction of sp³-hybridized carbons (Fsp3) is 0.500. The van der Waals surface area contributed by atoms with E-state index in [1.54, 1.807) is 17.0 Å². The quantitative estimate of drug-likeness (QED) is 0.877. The van der Waals surface area contributed by atoms with Gasteiger partial charge in [-0.3, -0.25) is 9.78 Å². The number of amides is 2. The lowest BCUT2D eigenvalue weighted by atomic mass is 10.2. The lowest BCUT2D eigenvalue weighted by molar-refractivity contribution is -0.136. The fourth-order valence-corrected chi connectivity index (χ4v) is 2.14. The number of ether oxygens (including phenoxy) is 1. The first-order chi connectivity index (χ1) is 10.0. The van der Waals surface area contributed by atoms with E-state index in [1.165, 1.54) is 6.20 Å². The van der Waals surface area contributed by atoms with Crippen LogP contribution < -0.4 is 5.32 Å². The SMILES string of the molecule is CC1CN(C(=O)Nc2ccc(CC(=O)O)nc2)CCCO1. The predicted octanol–water partition coefficient (Wildman–Crippen LogP) is 1.35. The van der Waals surface area contributed by atoms with Crippen molar-refractivity contribution >= 4 is 17.7 Å². The Bertz CT molecular complexity index is 503. The van der Waals surface area contributed by atoms with E-state index < -0.39 is 5.97 Å². The van der Waals surface area contributed by atoms with Crippen molar-refractivity contribution in [3.63, 3.8) is 0 Å². The van der Waals surface area contributed by atoms with Gasteiger partial charge in [0.25, 0.3) is 0 Å². The number of carbonyl (C=O) groups is 2. The van der Waals surface area contributed by atoms with Gasteiger partial charge in [-0.15, -0.1) is 0 Å². The summed E-state index contributed by atoms with van der Waals surface area (Å²) >= 11 is 0. The second kappa shape index (κ2) is 7.03. The van der Waals surface area contributed by atoms with Crippen LogP contribution in [0, 0.1) is 0 Å². The average Bonchev–Trinajstić information content (AvgIpc) is 2.65. The van der Waals surface area contributed by atoms with Crippen molar-refractivity contribution in [1.29, 1.82) is 0 Å². The van der Waals surface area contributed by atoms with E-state index in [2.05, 4.69) is 10.3 Å². The van der Waals surface area contributed by atoms with Gasteiger partial charge in [-0.25, -0.2) is 4.79 Å². The maximum atomic E-state index is 12.2. The van der Waals surface area contributed by atoms with Gasteiger partial charge >= 0.3 is 12.0 Å². The summed E-state index contributed by atoms with van der Waals surface area (Å²) in [7, 11) is 0. The average molecular weight is 293 g/mol. The standard InChI is InChI=1S/C14H19N3O4/c1-10-9-17(5-2-6-21-10)14(20)16-12-4-3-11(15-8-12)7-13(18)19/h3-4,8,10H,2,5-7,9H2,1H3,(H,16,20)(H,18,19). The molecule has 0 radical (unpaired) electrons. The minimum atomic E-state index is -0.933. The smallest absolute Gasteiger partial charge is 0.321 e. The molecule has 0 saturated carbocycles. The highest BCUT2D eigenvalue weighted by atomic mass is 16.5. The third kappa shape index (κ3) is 4.71. The zero-order chi connectivity index (χ0) is 15.2. The molecule has 2 N–H and O–H groups in total. The number of pyridine rings is 1. The Hall–Kier alpha value is -2.15. The number of carboxylic acids is 1. The number of hydrogen-bond acceptors (Lipinski definition) is 4. The summed E-state index contributed by atoms with van der Waals surface area (Å²) in [6.45, 7) is 3.81. The summed E-state index contributed by atoms with van der Waals surface area (Å²) in [5, 5.41) is 11.4. The number of urea groups is 1. The Morgan fingerprint density at radius 3 is 3.00 bits per heavy atom. The lowest BCUT2D eigenvalue weighted by Crippen LogP contribution is -2.38. The van der Waals surface area contributed by atoms with E-state index in [-0.39, 0.29) is 18.6 Å². The van der Waals surface area contributed by atoms with Crippen LogP contribution in [0.2, 0.25) is 0 Å². The van der Waals surface area contributed by atoms with Crippen molar-refractivity contribution in [1.82, 2.24) is 9.88 Å². The second-order valence-electron chi connectivity index (χ2n) is 5.02. The molecule has 1 aromatic rings. The number of hydrogen-bond donors (Lipinski definition) is 2. The summed E-state index contributed by atoms with van der Waals surface area (Å²) in [5.41, 5.74) is 1.00. The van der Waals surface area contributed by atoms with Gasteiger partial charge in [0.05, 0.1) is 30.1 Å². The lowest BCUT2D eigenvalue weighted by Gasteiger charge is -2.22. The van der Waals surface area contributed by atoms with E-state index in [0.29, 0.717) is 31.1 Å². The van der Waals surface area contributed by atoms with Crippen LogP contribution in [-0.2, 0) is 16.0 Å². The summed E-state index contributed by atoms with van der Waals surface area (Å²) in [4.78, 5) is 28.5. The number of rotatable bonds is 3. The molecule has 0 aromatic carbocycles. The predicted molar refractivity (Wildman–Crippen MR) is 76.2 cm³/mol. The molecule has 2 heterocycles. The summed E-state index contributed by atoms with van der Waals surface area (Å²) < 4.78 is 5.50. The summed E-state index contributed by atoms with van der Waals surface area (Å²) in [6.07, 6.45) is 2.17. The number of aromatic nitrogens is 1. The van der Waals surface area contributed by atoms with Crippen LogP contribution >= 0.6 is 0 Å². The molecule has 1 fully saturated rings. The van der Waals surface area contributed by atoms with Gasteiger partial charge in [-0.05, 0) is 25.5 Å². The van der Waals surface area contributed by atoms with E-state index in [9.17, 15) is 9.59 Å². The van der Waals surface area contributed by atoms with E-state index in [4.69, 9.17) is 9.84 Å². The Morgan fingerprint density at radius 2 is 2.33 bits per heavy atom. The van der Waals surface area contributed by atoms with Crippen LogP contribution in [0.25, 0.3) is 0 Å². The minimum absolute atomic E-state index is 0.0225. The highest BCUT2D eigenvalue weighted by Crippen LogP contribution is 2.11. The van der Waals surface area contributed by atoms with Crippen molar-refractivity contribution < 1.29 is 19.4 Å². The molecule has 114 valence electrons. The van der Waals surface area contributed by atoms with Crippen molar-refractivity contribution in [2.24, 2.45) is 0 Å². The van der Waals surface area contributed by atoms with Crippen LogP contribution in [0.4, 0.5) is 10.5 Å². The highest BCUT2D eigenvalue weighted by Gasteiger charge is 2.19. The normalized spacial score (nSPS) is 18.9. The van der Waals surface area contributed by atoms with Crippen molar-refractivity contribution in [2.75, 3.05) is 25.0 Å². The van der Waals surface area contributed by atoms with Gasteiger partial charge in [0, 0.05) is 19.7 Å². The van der Waals surface area contributed by atoms with Crippen LogP contribution in [0.1, 0.15) is 19.0 Å². The number of nitrogens with one attached hydrogen (secondary N) is 1. The molecule has 1 aliphatic heterocycles. The van der Waals surface area contributed by atoms with Gasteiger partial charge in [-0.1, -0.05) is 0 Å². The molecule has 7 nitrogen and oxygen atoms in total. The van der Waals surface area contributed by atoms with Crippen molar-refractivity contribution in [2.45, 2.75) is 25.9 Å². The monoisotopic (exact) mass is 293 g/mol. The molecule has 2 amide bonds. The molecule has 1 saturated heterocycles. The Balaban J connectivity index is 1.93. The molecule has 1 aliphatic rings. The van der Waals surface area contributed by atoms with Gasteiger partial charge < -0.3 is 20.1 Å². The molecule has 1 aromatic heterocycles. The third-order valence-corrected chi connectivity index (χ3v) is 3.15. The van der Waals surface area contributed by atoms with Crippen LogP contribution in [0.3, 0.4) is 0 Å². The first-order valence-corrected chi connectivity index (χ1v) is 6.89. The zero-order valence-corrected chi connectivity index (χ0v) is 11.9. The summed E-state index contributed by atoms with van der Waals surface area (Å²) in [6, 6.07) is 3.05. The number of nitrogens with zero attached hydrogens (tertiary/aromatic N) is 2. The molecule has 0 spiro atoms. The molecule has 0 aliphatic carbocycles.